The minimum absolute atomic E-state index is 0.562. The lowest BCUT2D eigenvalue weighted by Gasteiger charge is -2.15. The molecule has 2 rings (SSSR count). The van der Waals surface area contributed by atoms with Gasteiger partial charge in [-0.25, -0.2) is 4.79 Å². The fourth-order valence-electron chi connectivity index (χ4n) is 3.57. The van der Waals surface area contributed by atoms with Gasteiger partial charge in [0.15, 0.2) is 6.10 Å². The maximum absolute atomic E-state index is 11.6. The first-order chi connectivity index (χ1) is 14.2. The van der Waals surface area contributed by atoms with Crippen LogP contribution in [0.15, 0.2) is 54.6 Å². The van der Waals surface area contributed by atoms with Crippen molar-refractivity contribution in [1.82, 2.24) is 0 Å². The van der Waals surface area contributed by atoms with Crippen LogP contribution in [0.5, 0.6) is 5.75 Å². The van der Waals surface area contributed by atoms with E-state index in [0.29, 0.717) is 12.2 Å². The molecule has 29 heavy (non-hydrogen) atoms. The maximum atomic E-state index is 11.6. The summed E-state index contributed by atoms with van der Waals surface area (Å²) >= 11 is 0. The molecule has 0 spiro atoms. The molecule has 0 aromatic heterocycles. The molecule has 0 saturated heterocycles. The molecule has 3 nitrogen and oxygen atoms in total. The summed E-state index contributed by atoms with van der Waals surface area (Å²) in [5, 5.41) is 9.49. The van der Waals surface area contributed by atoms with E-state index in [2.05, 4.69) is 19.1 Å². The fraction of sp³-hybridized carbons (Fsp3) is 0.500. The summed E-state index contributed by atoms with van der Waals surface area (Å²) in [6, 6.07) is 17.8. The van der Waals surface area contributed by atoms with E-state index in [1.54, 1.807) is 0 Å². The highest BCUT2D eigenvalue weighted by atomic mass is 16.5. The number of hydrogen-bond acceptors (Lipinski definition) is 2. The Labute approximate surface area is 176 Å². The first-order valence-electron chi connectivity index (χ1n) is 11.3. The number of carbonyl (C=O) groups is 1. The minimum Gasteiger partial charge on any atom is -0.479 e. The third-order valence-corrected chi connectivity index (χ3v) is 5.34. The lowest BCUT2D eigenvalue weighted by molar-refractivity contribution is -0.145. The first kappa shape index (κ1) is 23.0. The molecule has 0 aliphatic rings. The molecular formula is C26H36O3. The van der Waals surface area contributed by atoms with Gasteiger partial charge in [0.2, 0.25) is 0 Å². The van der Waals surface area contributed by atoms with Crippen LogP contribution in [-0.4, -0.2) is 17.2 Å². The van der Waals surface area contributed by atoms with Crippen LogP contribution in [0.25, 0.3) is 11.1 Å². The Balaban J connectivity index is 1.67. The van der Waals surface area contributed by atoms with E-state index in [1.807, 2.05) is 42.5 Å². The normalized spacial score (nSPS) is 11.9. The highest BCUT2D eigenvalue weighted by molar-refractivity contribution is 5.72. The summed E-state index contributed by atoms with van der Waals surface area (Å²) in [6.45, 7) is 2.24. The zero-order valence-electron chi connectivity index (χ0n) is 17.8. The zero-order chi connectivity index (χ0) is 20.7. The molecule has 1 N–H and O–H groups in total. The predicted octanol–water partition coefficient (Wildman–Crippen LogP) is 7.50. The molecule has 2 aromatic rings. The van der Waals surface area contributed by atoms with Crippen LogP contribution < -0.4 is 4.74 Å². The number of rotatable bonds is 15. The Morgan fingerprint density at radius 2 is 1.28 bits per heavy atom. The molecule has 0 aliphatic carbocycles. The number of carboxylic acid groups (broad SMARTS) is 1. The molecule has 0 heterocycles. The van der Waals surface area contributed by atoms with E-state index in [4.69, 9.17) is 4.74 Å². The van der Waals surface area contributed by atoms with E-state index in [-0.39, 0.29) is 0 Å². The molecule has 0 aliphatic heterocycles. The van der Waals surface area contributed by atoms with Crippen LogP contribution in [0, 0.1) is 0 Å². The van der Waals surface area contributed by atoms with Crippen LogP contribution in [0.3, 0.4) is 0 Å². The van der Waals surface area contributed by atoms with Gasteiger partial charge in [0, 0.05) is 0 Å². The maximum Gasteiger partial charge on any atom is 0.344 e. The average molecular weight is 397 g/mol. The standard InChI is InChI=1S/C26H36O3/c1-2-3-4-5-6-7-8-9-10-14-17-25(26(27)28)29-24-20-18-23(19-21-24)22-15-12-11-13-16-22/h11-13,15-16,18-21,25H,2-10,14,17H2,1H3,(H,27,28). The molecule has 0 radical (unpaired) electrons. The van der Waals surface area contributed by atoms with Gasteiger partial charge in [0.25, 0.3) is 0 Å². The quantitative estimate of drug-likeness (QED) is 0.317. The van der Waals surface area contributed by atoms with Gasteiger partial charge in [-0.2, -0.15) is 0 Å². The summed E-state index contributed by atoms with van der Waals surface area (Å²) < 4.78 is 5.75. The van der Waals surface area contributed by atoms with Gasteiger partial charge in [0.05, 0.1) is 0 Å². The monoisotopic (exact) mass is 396 g/mol. The smallest absolute Gasteiger partial charge is 0.344 e. The number of unbranched alkanes of at least 4 members (excludes halogenated alkanes) is 9. The Kier molecular flexibility index (Phi) is 11.0. The zero-order valence-corrected chi connectivity index (χ0v) is 17.8. The van der Waals surface area contributed by atoms with Crippen LogP contribution >= 0.6 is 0 Å². The largest absolute Gasteiger partial charge is 0.479 e. The van der Waals surface area contributed by atoms with E-state index < -0.39 is 12.1 Å². The molecule has 2 aromatic carbocycles. The van der Waals surface area contributed by atoms with Gasteiger partial charge < -0.3 is 9.84 Å². The average Bonchev–Trinajstić information content (AvgIpc) is 2.75. The summed E-state index contributed by atoms with van der Waals surface area (Å²) in [7, 11) is 0. The van der Waals surface area contributed by atoms with Crippen LogP contribution in [-0.2, 0) is 4.79 Å². The van der Waals surface area contributed by atoms with Gasteiger partial charge >= 0.3 is 5.97 Å². The number of hydrogen-bond donors (Lipinski definition) is 1. The predicted molar refractivity (Wildman–Crippen MR) is 120 cm³/mol. The van der Waals surface area contributed by atoms with Gasteiger partial charge in [-0.15, -0.1) is 0 Å². The van der Waals surface area contributed by atoms with E-state index in [9.17, 15) is 9.90 Å². The summed E-state index contributed by atoms with van der Waals surface area (Å²) in [5.41, 5.74) is 2.23. The van der Waals surface area contributed by atoms with Crippen LogP contribution in [0.4, 0.5) is 0 Å². The van der Waals surface area contributed by atoms with Crippen molar-refractivity contribution in [1.29, 1.82) is 0 Å². The molecule has 3 heteroatoms. The molecule has 0 saturated carbocycles. The van der Waals surface area contributed by atoms with Crippen molar-refractivity contribution in [2.75, 3.05) is 0 Å². The van der Waals surface area contributed by atoms with Crippen molar-refractivity contribution in [3.63, 3.8) is 0 Å². The second-order valence-corrected chi connectivity index (χ2v) is 7.81. The number of aliphatic carboxylic acids is 1. The van der Waals surface area contributed by atoms with Crippen molar-refractivity contribution >= 4 is 5.97 Å². The van der Waals surface area contributed by atoms with E-state index >= 15 is 0 Å². The lowest BCUT2D eigenvalue weighted by Crippen LogP contribution is -2.26. The lowest BCUT2D eigenvalue weighted by atomic mass is 10.0. The highest BCUT2D eigenvalue weighted by Gasteiger charge is 2.18. The van der Waals surface area contributed by atoms with Crippen LogP contribution in [0.1, 0.15) is 77.6 Å². The van der Waals surface area contributed by atoms with E-state index in [0.717, 1.165) is 24.0 Å². The second kappa shape index (κ2) is 13.8. The van der Waals surface area contributed by atoms with Crippen molar-refractivity contribution in [3.8, 4) is 16.9 Å². The Hall–Kier alpha value is -2.29. The van der Waals surface area contributed by atoms with Gasteiger partial charge in [-0.1, -0.05) is 107 Å². The van der Waals surface area contributed by atoms with Crippen molar-refractivity contribution < 1.29 is 14.6 Å². The first-order valence-corrected chi connectivity index (χ1v) is 11.3. The van der Waals surface area contributed by atoms with Crippen molar-refractivity contribution in [2.45, 2.75) is 83.7 Å². The Morgan fingerprint density at radius 1 is 0.759 bits per heavy atom. The molecular weight excluding hydrogens is 360 g/mol. The number of ether oxygens (including phenoxy) is 1. The second-order valence-electron chi connectivity index (χ2n) is 7.81. The molecule has 1 unspecified atom stereocenters. The van der Waals surface area contributed by atoms with Gasteiger partial charge in [0.1, 0.15) is 5.75 Å². The Morgan fingerprint density at radius 3 is 1.83 bits per heavy atom. The number of benzene rings is 2. The Bertz CT molecular complexity index is 679. The molecule has 1 atom stereocenters. The molecule has 0 amide bonds. The molecule has 158 valence electrons. The summed E-state index contributed by atoms with van der Waals surface area (Å²) in [6.07, 6.45) is 12.2. The van der Waals surface area contributed by atoms with Crippen LogP contribution in [0.2, 0.25) is 0 Å². The van der Waals surface area contributed by atoms with E-state index in [1.165, 1.54) is 51.4 Å². The third-order valence-electron chi connectivity index (χ3n) is 5.34. The third kappa shape index (κ3) is 9.17. The van der Waals surface area contributed by atoms with Crippen molar-refractivity contribution in [2.24, 2.45) is 0 Å². The van der Waals surface area contributed by atoms with Crippen molar-refractivity contribution in [3.05, 3.63) is 54.6 Å². The number of carboxylic acids is 1. The fourth-order valence-corrected chi connectivity index (χ4v) is 3.57. The summed E-state index contributed by atoms with van der Waals surface area (Å²) in [4.78, 5) is 11.6. The van der Waals surface area contributed by atoms with Gasteiger partial charge in [-0.3, -0.25) is 0 Å². The highest BCUT2D eigenvalue weighted by Crippen LogP contribution is 2.23. The minimum atomic E-state index is -0.881. The SMILES string of the molecule is CCCCCCCCCCCCC(Oc1ccc(-c2ccccc2)cc1)C(=O)O. The summed E-state index contributed by atoms with van der Waals surface area (Å²) in [5.74, 6) is -0.266. The molecule has 0 bridgehead atoms. The van der Waals surface area contributed by atoms with Gasteiger partial charge in [-0.05, 0) is 36.1 Å². The topological polar surface area (TPSA) is 46.5 Å². The molecule has 0 fully saturated rings.